The van der Waals surface area contributed by atoms with Gasteiger partial charge in [-0.3, -0.25) is 0 Å². The van der Waals surface area contributed by atoms with Crippen molar-refractivity contribution in [3.8, 4) is 0 Å². The summed E-state index contributed by atoms with van der Waals surface area (Å²) in [6.45, 7) is 0. The molecule has 0 atom stereocenters. The summed E-state index contributed by atoms with van der Waals surface area (Å²) < 4.78 is 32.6. The van der Waals surface area contributed by atoms with Crippen molar-refractivity contribution in [2.45, 2.75) is 4.90 Å². The third-order valence-corrected chi connectivity index (χ3v) is 3.00. The quantitative estimate of drug-likeness (QED) is 0.793. The maximum Gasteiger partial charge on any atom is 0.233 e. The number of aromatic nitrogens is 3. The van der Waals surface area contributed by atoms with Crippen molar-refractivity contribution in [1.29, 1.82) is 0 Å². The van der Waals surface area contributed by atoms with Crippen molar-refractivity contribution in [3.63, 3.8) is 0 Å². The lowest BCUT2D eigenvalue weighted by molar-refractivity contribution is 0.463. The lowest BCUT2D eigenvalue weighted by Crippen LogP contribution is -2.04. The van der Waals surface area contributed by atoms with Crippen molar-refractivity contribution in [1.82, 2.24) is 15.0 Å². The van der Waals surface area contributed by atoms with Gasteiger partial charge in [0, 0.05) is 5.69 Å². The second-order valence-corrected chi connectivity index (χ2v) is 5.11. The van der Waals surface area contributed by atoms with Crippen LogP contribution in [0, 0.1) is 0 Å². The van der Waals surface area contributed by atoms with Gasteiger partial charge in [-0.25, -0.2) is 8.42 Å². The van der Waals surface area contributed by atoms with Gasteiger partial charge >= 0.3 is 0 Å². The Hall–Kier alpha value is -1.97. The predicted molar refractivity (Wildman–Crippen MR) is 66.9 cm³/mol. The Bertz CT molecular complexity index is 701. The lowest BCUT2D eigenvalue weighted by atomic mass is 10.3. The Morgan fingerprint density at radius 1 is 1.26 bits per heavy atom. The number of rotatable bonds is 3. The second-order valence-electron chi connectivity index (χ2n) is 3.39. The number of nitrogens with one attached hydrogen (secondary N) is 1. The normalized spacial score (nSPS) is 11.3. The van der Waals surface area contributed by atoms with E-state index < -0.39 is 10.1 Å². The Morgan fingerprint density at radius 2 is 2.00 bits per heavy atom. The van der Waals surface area contributed by atoms with Crippen LogP contribution >= 0.6 is 11.6 Å². The van der Waals surface area contributed by atoms with Gasteiger partial charge in [-0.1, -0.05) is 6.07 Å². The van der Waals surface area contributed by atoms with E-state index in [0.717, 1.165) is 6.07 Å². The van der Waals surface area contributed by atoms with E-state index in [2.05, 4.69) is 20.3 Å². The smallest absolute Gasteiger partial charge is 0.233 e. The van der Waals surface area contributed by atoms with Gasteiger partial charge in [-0.15, -0.1) is 0 Å². The number of halogens is 1. The number of hydrogen-bond donors (Lipinski definition) is 2. The average Bonchev–Trinajstić information content (AvgIpc) is 2.26. The van der Waals surface area contributed by atoms with Crippen LogP contribution < -0.4 is 11.1 Å². The van der Waals surface area contributed by atoms with E-state index in [1.165, 1.54) is 18.2 Å². The third kappa shape index (κ3) is 3.50. The van der Waals surface area contributed by atoms with E-state index in [-0.39, 0.29) is 22.1 Å². The molecule has 0 amide bonds. The number of nitrogens with zero attached hydrogens (tertiary/aromatic N) is 3. The molecule has 2 rings (SSSR count). The minimum absolute atomic E-state index is 0.0398. The third-order valence-electron chi connectivity index (χ3n) is 2.00. The molecule has 100 valence electrons. The summed E-state index contributed by atoms with van der Waals surface area (Å²) in [6, 6.07) is 5.26. The Kier molecular flexibility index (Phi) is 3.51. The van der Waals surface area contributed by atoms with Crippen molar-refractivity contribution >= 4 is 39.3 Å². The SMILES string of the molecule is Nc1nc(Cl)nc(Nc2cccc(S(=O)(=O)[O-])c2)n1. The molecule has 0 aliphatic rings. The Labute approximate surface area is 113 Å². The summed E-state index contributed by atoms with van der Waals surface area (Å²) in [4.78, 5) is 10.7. The minimum Gasteiger partial charge on any atom is -0.744 e. The van der Waals surface area contributed by atoms with Crippen molar-refractivity contribution in [2.75, 3.05) is 11.1 Å². The van der Waals surface area contributed by atoms with Crippen LogP contribution in [0.25, 0.3) is 0 Å². The van der Waals surface area contributed by atoms with Crippen LogP contribution in [-0.4, -0.2) is 27.9 Å². The number of nitrogens with two attached hydrogens (primary N) is 1. The van der Waals surface area contributed by atoms with Gasteiger partial charge in [0.05, 0.1) is 4.90 Å². The van der Waals surface area contributed by atoms with E-state index in [1.807, 2.05) is 0 Å². The summed E-state index contributed by atoms with van der Waals surface area (Å²) in [5.74, 6) is -0.0481. The summed E-state index contributed by atoms with van der Waals surface area (Å²) in [7, 11) is -4.53. The first-order valence-corrected chi connectivity index (χ1v) is 6.63. The van der Waals surface area contributed by atoms with Crippen LogP contribution in [-0.2, 0) is 10.1 Å². The molecular weight excluding hydrogens is 294 g/mol. The number of anilines is 3. The molecule has 2 aromatic rings. The maximum absolute atomic E-state index is 10.9. The standard InChI is InChI=1S/C9H8ClN5O3S/c10-7-13-8(11)15-9(14-7)12-5-2-1-3-6(4-5)19(16,17)18/h1-4H,(H,16,17,18)(H3,11,12,13,14,15)/p-1. The molecule has 8 nitrogen and oxygen atoms in total. The molecule has 0 saturated carbocycles. The molecule has 0 radical (unpaired) electrons. The Morgan fingerprint density at radius 3 is 2.63 bits per heavy atom. The first-order chi connectivity index (χ1) is 8.84. The predicted octanol–water partition coefficient (Wildman–Crippen LogP) is 0.755. The van der Waals surface area contributed by atoms with E-state index in [1.54, 1.807) is 0 Å². The highest BCUT2D eigenvalue weighted by atomic mass is 35.5. The van der Waals surface area contributed by atoms with Crippen LogP contribution in [0.4, 0.5) is 17.6 Å². The fourth-order valence-corrected chi connectivity index (χ4v) is 1.96. The second kappa shape index (κ2) is 4.96. The summed E-state index contributed by atoms with van der Waals surface area (Å²) in [5, 5.41) is 2.56. The monoisotopic (exact) mass is 300 g/mol. The van der Waals surface area contributed by atoms with Gasteiger partial charge in [0.2, 0.25) is 17.2 Å². The van der Waals surface area contributed by atoms with E-state index >= 15 is 0 Å². The molecule has 0 spiro atoms. The zero-order valence-electron chi connectivity index (χ0n) is 9.24. The summed E-state index contributed by atoms with van der Waals surface area (Å²) in [5.41, 5.74) is 5.68. The molecule has 1 heterocycles. The molecule has 10 heteroatoms. The number of nitrogen functional groups attached to an aromatic ring is 1. The average molecular weight is 301 g/mol. The fraction of sp³-hybridized carbons (Fsp3) is 0. The van der Waals surface area contributed by atoms with Gasteiger partial charge < -0.3 is 15.6 Å². The van der Waals surface area contributed by atoms with E-state index in [4.69, 9.17) is 17.3 Å². The van der Waals surface area contributed by atoms with Crippen LogP contribution in [0.2, 0.25) is 5.28 Å². The van der Waals surface area contributed by atoms with Gasteiger partial charge in [0.25, 0.3) is 0 Å². The van der Waals surface area contributed by atoms with Gasteiger partial charge in [-0.2, -0.15) is 15.0 Å². The first kappa shape index (κ1) is 13.5. The molecule has 3 N–H and O–H groups in total. The van der Waals surface area contributed by atoms with Gasteiger partial charge in [0.1, 0.15) is 10.1 Å². The van der Waals surface area contributed by atoms with E-state index in [0.29, 0.717) is 5.69 Å². The van der Waals surface area contributed by atoms with Crippen LogP contribution in [0.1, 0.15) is 0 Å². The first-order valence-electron chi connectivity index (χ1n) is 4.84. The largest absolute Gasteiger partial charge is 0.744 e. The molecule has 19 heavy (non-hydrogen) atoms. The maximum atomic E-state index is 10.9. The van der Waals surface area contributed by atoms with Crippen LogP contribution in [0.3, 0.4) is 0 Å². The highest BCUT2D eigenvalue weighted by molar-refractivity contribution is 7.85. The summed E-state index contributed by atoms with van der Waals surface area (Å²) in [6.07, 6.45) is 0. The molecule has 1 aromatic carbocycles. The van der Waals surface area contributed by atoms with E-state index in [9.17, 15) is 13.0 Å². The number of benzene rings is 1. The topological polar surface area (TPSA) is 134 Å². The zero-order chi connectivity index (χ0) is 14.0. The molecule has 0 saturated heterocycles. The van der Waals surface area contributed by atoms with Gasteiger partial charge in [-0.05, 0) is 29.8 Å². The minimum atomic E-state index is -4.53. The summed E-state index contributed by atoms with van der Waals surface area (Å²) >= 11 is 5.59. The van der Waals surface area contributed by atoms with Crippen molar-refractivity contribution in [2.24, 2.45) is 0 Å². The number of hydrogen-bond acceptors (Lipinski definition) is 8. The molecule has 0 fully saturated rings. The van der Waals surface area contributed by atoms with Gasteiger partial charge in [0.15, 0.2) is 0 Å². The van der Waals surface area contributed by atoms with Crippen molar-refractivity contribution < 1.29 is 13.0 Å². The molecular formula is C9H7ClN5O3S-. The molecule has 1 aromatic heterocycles. The highest BCUT2D eigenvalue weighted by Gasteiger charge is 2.05. The molecule has 0 bridgehead atoms. The lowest BCUT2D eigenvalue weighted by Gasteiger charge is -2.10. The van der Waals surface area contributed by atoms with Crippen LogP contribution in [0.15, 0.2) is 29.2 Å². The van der Waals surface area contributed by atoms with Crippen LogP contribution in [0.5, 0.6) is 0 Å². The molecule has 0 unspecified atom stereocenters. The van der Waals surface area contributed by atoms with Crippen molar-refractivity contribution in [3.05, 3.63) is 29.5 Å². The zero-order valence-corrected chi connectivity index (χ0v) is 10.8. The molecule has 0 aliphatic carbocycles. The fourth-order valence-electron chi connectivity index (χ4n) is 1.28. The molecule has 0 aliphatic heterocycles. The Balaban J connectivity index is 2.33. The highest BCUT2D eigenvalue weighted by Crippen LogP contribution is 2.18.